The van der Waals surface area contributed by atoms with Gasteiger partial charge in [0, 0.05) is 5.39 Å². The van der Waals surface area contributed by atoms with Crippen LogP contribution in [0.25, 0.3) is 11.0 Å². The molecule has 1 aromatic carbocycles. The summed E-state index contributed by atoms with van der Waals surface area (Å²) >= 11 is 4.65. The second-order valence-corrected chi connectivity index (χ2v) is 17.4. The SMILES string of the molecule is NC1C=C2CC=CC=C2OC1=O.Nc1cc2ccccc2oc1=O.[I][Pd][I]. The number of benzene rings is 1. The molecule has 1 unspecified atom stereocenters. The molecule has 1 atom stereocenters. The number of ether oxygens (including phenoxy) is 1. The van der Waals surface area contributed by atoms with Gasteiger partial charge in [0.2, 0.25) is 0 Å². The molecule has 0 radical (unpaired) electrons. The first-order chi connectivity index (χ1) is 13.0. The molecular formula is C18H16I2N2O4Pd. The molecular weight excluding hydrogens is 668 g/mol. The van der Waals surface area contributed by atoms with Crippen LogP contribution in [0, 0.1) is 0 Å². The fourth-order valence-electron chi connectivity index (χ4n) is 2.35. The molecule has 1 aromatic heterocycles. The van der Waals surface area contributed by atoms with Crippen LogP contribution in [0.5, 0.6) is 0 Å². The van der Waals surface area contributed by atoms with Crippen molar-refractivity contribution in [3.8, 4) is 0 Å². The van der Waals surface area contributed by atoms with E-state index in [0.717, 1.165) is 28.1 Å². The number of hydrogen-bond acceptors (Lipinski definition) is 6. The zero-order valence-corrected chi connectivity index (χ0v) is 19.7. The number of fused-ring (bicyclic) bond motifs is 2. The summed E-state index contributed by atoms with van der Waals surface area (Å²) in [5.41, 5.74) is 12.1. The monoisotopic (exact) mass is 684 g/mol. The van der Waals surface area contributed by atoms with Crippen molar-refractivity contribution in [2.45, 2.75) is 12.5 Å². The molecule has 4 N–H and O–H groups in total. The number of para-hydroxylation sites is 1. The average molecular weight is 685 g/mol. The Kier molecular flexibility index (Phi) is 9.18. The number of esters is 1. The van der Waals surface area contributed by atoms with Gasteiger partial charge in [-0.2, -0.15) is 0 Å². The molecule has 1 aliphatic carbocycles. The normalized spacial score (nSPS) is 17.4. The third-order valence-corrected chi connectivity index (χ3v) is 3.57. The Morgan fingerprint density at radius 3 is 2.63 bits per heavy atom. The van der Waals surface area contributed by atoms with Gasteiger partial charge in [0.05, 0.1) is 0 Å². The van der Waals surface area contributed by atoms with Crippen molar-refractivity contribution in [2.75, 3.05) is 5.73 Å². The van der Waals surface area contributed by atoms with Gasteiger partial charge in [-0.3, -0.25) is 0 Å². The van der Waals surface area contributed by atoms with Gasteiger partial charge in [-0.15, -0.1) is 0 Å². The first-order valence-electron chi connectivity index (χ1n) is 7.62. The van der Waals surface area contributed by atoms with E-state index in [1.54, 1.807) is 24.3 Å². The molecule has 2 heterocycles. The van der Waals surface area contributed by atoms with E-state index in [1.807, 2.05) is 30.4 Å². The van der Waals surface area contributed by atoms with E-state index in [-0.39, 0.29) is 11.7 Å². The molecule has 27 heavy (non-hydrogen) atoms. The van der Waals surface area contributed by atoms with Crippen LogP contribution in [0.15, 0.2) is 75.2 Å². The van der Waals surface area contributed by atoms with Gasteiger partial charge in [-0.05, 0) is 36.3 Å². The van der Waals surface area contributed by atoms with Crippen LogP contribution in [-0.2, 0) is 20.3 Å². The van der Waals surface area contributed by atoms with Crippen molar-refractivity contribution in [1.29, 1.82) is 0 Å². The Balaban J connectivity index is 0.000000170. The summed E-state index contributed by atoms with van der Waals surface area (Å²) in [5.74, 6) is 0.268. The Labute approximate surface area is 185 Å². The van der Waals surface area contributed by atoms with Crippen molar-refractivity contribution in [1.82, 2.24) is 0 Å². The number of carbonyl (C=O) groups is 1. The number of halogens is 2. The summed E-state index contributed by atoms with van der Waals surface area (Å²) in [6.07, 6.45) is 8.20. The van der Waals surface area contributed by atoms with Crippen molar-refractivity contribution in [2.24, 2.45) is 5.73 Å². The fourth-order valence-corrected chi connectivity index (χ4v) is 2.35. The van der Waals surface area contributed by atoms with E-state index < -0.39 is 11.7 Å². The standard InChI is InChI=1S/C9H9NO2.C9H7NO2.2HI.Pd/c2*10-7-5-6-3-1-2-4-8(6)12-9(7)11;;;/h1-2,4-5,7H,3,10H2;1-5H,10H2;2*1H;/q;;;;+2/p-2. The van der Waals surface area contributed by atoms with Crippen molar-refractivity contribution < 1.29 is 24.7 Å². The molecule has 0 saturated heterocycles. The first kappa shape index (κ1) is 22.3. The molecule has 0 amide bonds. The number of allylic oxidation sites excluding steroid dienone is 4. The summed E-state index contributed by atoms with van der Waals surface area (Å²) in [6, 6.07) is 8.26. The van der Waals surface area contributed by atoms with E-state index >= 15 is 0 Å². The molecule has 0 fully saturated rings. The molecule has 0 bridgehead atoms. The van der Waals surface area contributed by atoms with Gasteiger partial charge in [0.25, 0.3) is 0 Å². The number of anilines is 1. The van der Waals surface area contributed by atoms with Crippen molar-refractivity contribution in [3.05, 3.63) is 76.4 Å². The van der Waals surface area contributed by atoms with Gasteiger partial charge in [0.15, 0.2) is 0 Å². The summed E-state index contributed by atoms with van der Waals surface area (Å²) in [6.45, 7) is 0. The van der Waals surface area contributed by atoms with E-state index in [2.05, 4.69) is 39.0 Å². The Bertz CT molecular complexity index is 969. The van der Waals surface area contributed by atoms with Crippen LogP contribution < -0.4 is 17.1 Å². The number of hydrogen-bond donors (Lipinski definition) is 2. The van der Waals surface area contributed by atoms with E-state index in [0.29, 0.717) is 11.3 Å². The van der Waals surface area contributed by atoms with E-state index in [1.165, 1.54) is 0 Å². The maximum absolute atomic E-state index is 11.0. The molecule has 146 valence electrons. The molecule has 2 aliphatic rings. The zero-order valence-electron chi connectivity index (χ0n) is 13.8. The summed E-state index contributed by atoms with van der Waals surface area (Å²) in [4.78, 5) is 21.9. The predicted molar refractivity (Wildman–Crippen MR) is 119 cm³/mol. The molecule has 0 saturated carbocycles. The summed E-state index contributed by atoms with van der Waals surface area (Å²) < 4.78 is 9.89. The van der Waals surface area contributed by atoms with Crippen LogP contribution in [0.3, 0.4) is 0 Å². The molecule has 0 spiro atoms. The topological polar surface area (TPSA) is 109 Å². The summed E-state index contributed by atoms with van der Waals surface area (Å²) in [5, 5.41) is 0.842. The second kappa shape index (κ2) is 11.1. The molecule has 9 heteroatoms. The number of nitrogen functional groups attached to an aromatic ring is 1. The van der Waals surface area contributed by atoms with Crippen molar-refractivity contribution >= 4 is 61.7 Å². The van der Waals surface area contributed by atoms with E-state index in [9.17, 15) is 9.59 Å². The van der Waals surface area contributed by atoms with Crippen LogP contribution >= 0.6 is 39.0 Å². The zero-order chi connectivity index (χ0) is 19.8. The molecule has 1 aliphatic heterocycles. The molecule has 2 aromatic rings. The van der Waals surface area contributed by atoms with Gasteiger partial charge in [-0.1, -0.05) is 30.4 Å². The van der Waals surface area contributed by atoms with Gasteiger partial charge < -0.3 is 20.6 Å². The fraction of sp³-hybridized carbons (Fsp3) is 0.111. The van der Waals surface area contributed by atoms with Gasteiger partial charge in [0.1, 0.15) is 23.1 Å². The minimum absolute atomic E-state index is 0.147. The minimum atomic E-state index is -0.594. The predicted octanol–water partition coefficient (Wildman–Crippen LogP) is 3.78. The quantitative estimate of drug-likeness (QED) is 0.189. The first-order valence-corrected chi connectivity index (χ1v) is 16.9. The third-order valence-electron chi connectivity index (χ3n) is 3.57. The Hall–Kier alpha value is -0.998. The van der Waals surface area contributed by atoms with Crippen LogP contribution in [0.2, 0.25) is 0 Å². The second-order valence-electron chi connectivity index (χ2n) is 5.37. The number of rotatable bonds is 0. The van der Waals surface area contributed by atoms with Gasteiger partial charge >= 0.3 is 61.4 Å². The number of nitrogens with two attached hydrogens (primary N) is 2. The van der Waals surface area contributed by atoms with Crippen LogP contribution in [0.1, 0.15) is 6.42 Å². The van der Waals surface area contributed by atoms with Crippen LogP contribution in [-0.4, -0.2) is 12.0 Å². The van der Waals surface area contributed by atoms with Gasteiger partial charge in [-0.25, -0.2) is 9.59 Å². The third kappa shape index (κ3) is 6.53. The summed E-state index contributed by atoms with van der Waals surface area (Å²) in [7, 11) is 0.890. The Morgan fingerprint density at radius 1 is 1.19 bits per heavy atom. The van der Waals surface area contributed by atoms with E-state index in [4.69, 9.17) is 20.6 Å². The maximum atomic E-state index is 11.0. The molecule has 4 rings (SSSR count). The Morgan fingerprint density at radius 2 is 1.89 bits per heavy atom. The van der Waals surface area contributed by atoms with Crippen LogP contribution in [0.4, 0.5) is 5.69 Å². The number of carbonyl (C=O) groups excluding carboxylic acids is 1. The molecule has 6 nitrogen and oxygen atoms in total. The average Bonchev–Trinajstić information content (AvgIpc) is 2.65. The van der Waals surface area contributed by atoms with Crippen molar-refractivity contribution in [3.63, 3.8) is 0 Å².